The first-order valence-corrected chi connectivity index (χ1v) is 10.6. The highest BCUT2D eigenvalue weighted by Gasteiger charge is 2.36. The molecule has 1 N–H and O–H groups in total. The molecule has 4 rings (SSSR count). The zero-order chi connectivity index (χ0) is 16.5. The third-order valence-corrected chi connectivity index (χ3v) is 7.01. The van der Waals surface area contributed by atoms with Gasteiger partial charge < -0.3 is 10.2 Å². The number of rotatable bonds is 3. The van der Waals surface area contributed by atoms with E-state index in [2.05, 4.69) is 22.3 Å². The summed E-state index contributed by atoms with van der Waals surface area (Å²) in [5, 5.41) is 4.43. The maximum atomic E-state index is 13.0. The number of benzene rings is 1. The summed E-state index contributed by atoms with van der Waals surface area (Å²) < 4.78 is 0. The number of fused-ring (bicyclic) bond motifs is 2. The molecule has 3 atom stereocenters. The fraction of sp³-hybridized carbons (Fsp3) is 0.632. The molecule has 5 heteroatoms. The molecule has 3 unspecified atom stereocenters. The molecule has 3 nitrogen and oxygen atoms in total. The van der Waals surface area contributed by atoms with Crippen molar-refractivity contribution in [3.63, 3.8) is 0 Å². The van der Waals surface area contributed by atoms with Gasteiger partial charge in [0.2, 0.25) is 5.91 Å². The number of carbonyl (C=O) groups excluding carboxylic acids is 1. The van der Waals surface area contributed by atoms with Crippen molar-refractivity contribution >= 4 is 29.3 Å². The van der Waals surface area contributed by atoms with Crippen LogP contribution in [0.5, 0.6) is 0 Å². The molecule has 0 aromatic heterocycles. The zero-order valence-corrected chi connectivity index (χ0v) is 15.5. The third-order valence-electron chi connectivity index (χ3n) is 5.74. The van der Waals surface area contributed by atoms with E-state index >= 15 is 0 Å². The van der Waals surface area contributed by atoms with Gasteiger partial charge in [0.1, 0.15) is 0 Å². The van der Waals surface area contributed by atoms with Gasteiger partial charge in [0.05, 0.1) is 6.04 Å². The van der Waals surface area contributed by atoms with Gasteiger partial charge in [0.15, 0.2) is 0 Å². The quantitative estimate of drug-likeness (QED) is 0.883. The van der Waals surface area contributed by atoms with Crippen molar-refractivity contribution < 1.29 is 4.79 Å². The summed E-state index contributed by atoms with van der Waals surface area (Å²) in [4.78, 5) is 15.1. The first-order chi connectivity index (χ1) is 11.7. The molecule has 24 heavy (non-hydrogen) atoms. The van der Waals surface area contributed by atoms with Crippen LogP contribution in [-0.2, 0) is 4.79 Å². The van der Waals surface area contributed by atoms with Gasteiger partial charge in [-0.25, -0.2) is 0 Å². The fourth-order valence-corrected chi connectivity index (χ4v) is 5.78. The Morgan fingerprint density at radius 2 is 1.92 bits per heavy atom. The van der Waals surface area contributed by atoms with E-state index < -0.39 is 0 Å². The lowest BCUT2D eigenvalue weighted by atomic mass is 9.89. The van der Waals surface area contributed by atoms with Crippen molar-refractivity contribution in [3.05, 3.63) is 34.9 Å². The third kappa shape index (κ3) is 3.61. The SMILES string of the molecule is O=C(CC1CC2CCC(C1)N2)N1CCSCC1c1ccc(Cl)cc1. The van der Waals surface area contributed by atoms with E-state index in [-0.39, 0.29) is 6.04 Å². The van der Waals surface area contributed by atoms with Gasteiger partial charge in [-0.15, -0.1) is 0 Å². The first-order valence-electron chi connectivity index (χ1n) is 9.08. The molecule has 1 aromatic carbocycles. The number of nitrogens with one attached hydrogen (secondary N) is 1. The van der Waals surface area contributed by atoms with Crippen LogP contribution in [0.25, 0.3) is 0 Å². The number of amides is 1. The van der Waals surface area contributed by atoms with E-state index in [0.717, 1.165) is 29.5 Å². The van der Waals surface area contributed by atoms with E-state index in [0.29, 0.717) is 23.9 Å². The second kappa shape index (κ2) is 7.27. The van der Waals surface area contributed by atoms with Gasteiger partial charge in [0, 0.05) is 41.6 Å². The number of piperidine rings is 1. The van der Waals surface area contributed by atoms with Crippen molar-refractivity contribution in [2.75, 3.05) is 18.1 Å². The van der Waals surface area contributed by atoms with Crippen molar-refractivity contribution in [3.8, 4) is 0 Å². The molecule has 1 aromatic rings. The van der Waals surface area contributed by atoms with Crippen LogP contribution >= 0.6 is 23.4 Å². The minimum absolute atomic E-state index is 0.201. The summed E-state index contributed by atoms with van der Waals surface area (Å²) in [7, 11) is 0. The summed E-state index contributed by atoms with van der Waals surface area (Å²) in [5.74, 6) is 2.95. The summed E-state index contributed by atoms with van der Waals surface area (Å²) >= 11 is 7.96. The zero-order valence-electron chi connectivity index (χ0n) is 13.9. The van der Waals surface area contributed by atoms with Crippen molar-refractivity contribution in [2.24, 2.45) is 5.92 Å². The van der Waals surface area contributed by atoms with Gasteiger partial charge in [-0.1, -0.05) is 23.7 Å². The van der Waals surface area contributed by atoms with Crippen LogP contribution in [0.1, 0.15) is 43.7 Å². The minimum atomic E-state index is 0.201. The van der Waals surface area contributed by atoms with Gasteiger partial charge in [0.25, 0.3) is 0 Å². The molecule has 0 spiro atoms. The maximum Gasteiger partial charge on any atom is 0.223 e. The molecule has 3 aliphatic rings. The number of carbonyl (C=O) groups is 1. The molecule has 0 radical (unpaired) electrons. The number of thioether (sulfide) groups is 1. The van der Waals surface area contributed by atoms with Crippen LogP contribution in [-0.4, -0.2) is 40.9 Å². The van der Waals surface area contributed by atoms with Crippen LogP contribution in [0, 0.1) is 5.92 Å². The normalized spacial score (nSPS) is 32.8. The van der Waals surface area contributed by atoms with Gasteiger partial charge in [-0.05, 0) is 49.3 Å². The Hall–Kier alpha value is -0.710. The molecular weight excluding hydrogens is 340 g/mol. The van der Waals surface area contributed by atoms with E-state index in [1.165, 1.54) is 31.2 Å². The minimum Gasteiger partial charge on any atom is -0.334 e. The van der Waals surface area contributed by atoms with Crippen LogP contribution in [0.15, 0.2) is 24.3 Å². The van der Waals surface area contributed by atoms with Crippen LogP contribution in [0.4, 0.5) is 0 Å². The van der Waals surface area contributed by atoms with E-state index in [1.54, 1.807) is 0 Å². The Morgan fingerprint density at radius 3 is 2.62 bits per heavy atom. The summed E-state index contributed by atoms with van der Waals surface area (Å²) in [6, 6.07) is 9.53. The summed E-state index contributed by atoms with van der Waals surface area (Å²) in [6.07, 6.45) is 5.67. The Kier molecular flexibility index (Phi) is 5.07. The predicted molar refractivity (Wildman–Crippen MR) is 101 cm³/mol. The molecule has 3 aliphatic heterocycles. The molecule has 1 amide bonds. The monoisotopic (exact) mass is 364 g/mol. The Labute approximate surface area is 153 Å². The van der Waals surface area contributed by atoms with Crippen LogP contribution in [0.2, 0.25) is 5.02 Å². The highest BCUT2D eigenvalue weighted by Crippen LogP contribution is 2.35. The lowest BCUT2D eigenvalue weighted by molar-refractivity contribution is -0.134. The second-order valence-electron chi connectivity index (χ2n) is 7.41. The lowest BCUT2D eigenvalue weighted by Gasteiger charge is -2.37. The number of nitrogens with zero attached hydrogens (tertiary/aromatic N) is 1. The molecule has 2 bridgehead atoms. The maximum absolute atomic E-state index is 13.0. The fourth-order valence-electron chi connectivity index (χ4n) is 4.57. The summed E-state index contributed by atoms with van der Waals surface area (Å²) in [5.41, 5.74) is 1.21. The number of halogens is 1. The highest BCUT2D eigenvalue weighted by molar-refractivity contribution is 7.99. The van der Waals surface area contributed by atoms with Crippen molar-refractivity contribution in [1.29, 1.82) is 0 Å². The number of hydrogen-bond donors (Lipinski definition) is 1. The molecular formula is C19H25ClN2OS. The molecule has 130 valence electrons. The Morgan fingerprint density at radius 1 is 1.21 bits per heavy atom. The van der Waals surface area contributed by atoms with Crippen LogP contribution < -0.4 is 5.32 Å². The van der Waals surface area contributed by atoms with Gasteiger partial charge in [-0.3, -0.25) is 4.79 Å². The first kappa shape index (κ1) is 16.7. The summed E-state index contributed by atoms with van der Waals surface area (Å²) in [6.45, 7) is 0.870. The second-order valence-corrected chi connectivity index (χ2v) is 9.00. The Bertz CT molecular complexity index is 582. The lowest BCUT2D eigenvalue weighted by Crippen LogP contribution is -2.43. The highest BCUT2D eigenvalue weighted by atomic mass is 35.5. The van der Waals surface area contributed by atoms with Crippen molar-refractivity contribution in [1.82, 2.24) is 10.2 Å². The molecule has 0 saturated carbocycles. The van der Waals surface area contributed by atoms with E-state index in [9.17, 15) is 4.79 Å². The topological polar surface area (TPSA) is 32.3 Å². The number of hydrogen-bond acceptors (Lipinski definition) is 3. The predicted octanol–water partition coefficient (Wildman–Crippen LogP) is 3.88. The average molecular weight is 365 g/mol. The molecule has 0 aliphatic carbocycles. The van der Waals surface area contributed by atoms with Gasteiger partial charge >= 0.3 is 0 Å². The smallest absolute Gasteiger partial charge is 0.223 e. The standard InChI is InChI=1S/C19H25ClN2OS/c20-15-3-1-14(2-4-15)18-12-24-8-7-22(18)19(23)11-13-9-16-5-6-17(10-13)21-16/h1-4,13,16-18,21H,5-12H2. The largest absolute Gasteiger partial charge is 0.334 e. The molecule has 3 heterocycles. The Balaban J connectivity index is 1.44. The van der Waals surface area contributed by atoms with E-state index in [1.807, 2.05) is 23.9 Å². The molecule has 3 saturated heterocycles. The average Bonchev–Trinajstić information content (AvgIpc) is 2.94. The van der Waals surface area contributed by atoms with Crippen molar-refractivity contribution in [2.45, 2.75) is 50.2 Å². The van der Waals surface area contributed by atoms with E-state index in [4.69, 9.17) is 11.6 Å². The molecule has 3 fully saturated rings. The van der Waals surface area contributed by atoms with Gasteiger partial charge in [-0.2, -0.15) is 11.8 Å². The van der Waals surface area contributed by atoms with Crippen LogP contribution in [0.3, 0.4) is 0 Å².